The van der Waals surface area contributed by atoms with Crippen LogP contribution in [0.2, 0.25) is 0 Å². The number of nitrogens with one attached hydrogen (secondary N) is 1. The summed E-state index contributed by atoms with van der Waals surface area (Å²) in [5, 5.41) is 53.9. The van der Waals surface area contributed by atoms with Gasteiger partial charge < -0.3 is 40.3 Å². The molecule has 1 saturated heterocycles. The molecule has 0 aliphatic carbocycles. The Bertz CT molecular complexity index is 1010. The molecule has 360 valence electrons. The molecule has 1 rings (SSSR count). The average molecular weight is 866 g/mol. The Morgan fingerprint density at radius 2 is 0.967 bits per heavy atom. The zero-order chi connectivity index (χ0) is 44.4. The summed E-state index contributed by atoms with van der Waals surface area (Å²) in [5.41, 5.74) is 0. The summed E-state index contributed by atoms with van der Waals surface area (Å²) in [5.74, 6) is -0.148. The molecule has 0 aromatic rings. The van der Waals surface area contributed by atoms with Crippen LogP contribution in [0.4, 0.5) is 0 Å². The van der Waals surface area contributed by atoms with Crippen molar-refractivity contribution in [2.24, 2.45) is 0 Å². The van der Waals surface area contributed by atoms with Crippen LogP contribution in [0.3, 0.4) is 0 Å². The fourth-order valence-corrected chi connectivity index (χ4v) is 8.37. The number of carbonyl (C=O) groups is 1. The van der Waals surface area contributed by atoms with E-state index in [-0.39, 0.29) is 12.5 Å². The minimum Gasteiger partial charge on any atom is -0.394 e. The van der Waals surface area contributed by atoms with E-state index < -0.39 is 49.5 Å². The molecule has 0 saturated carbocycles. The Morgan fingerprint density at radius 3 is 1.41 bits per heavy atom. The van der Waals surface area contributed by atoms with E-state index in [9.17, 15) is 30.3 Å². The molecule has 1 amide bonds. The van der Waals surface area contributed by atoms with Crippen LogP contribution in [0.1, 0.15) is 245 Å². The zero-order valence-electron chi connectivity index (χ0n) is 39.7. The van der Waals surface area contributed by atoms with Crippen LogP contribution in [0.15, 0.2) is 24.3 Å². The van der Waals surface area contributed by atoms with E-state index in [0.29, 0.717) is 12.8 Å². The number of ether oxygens (including phenoxy) is 2. The van der Waals surface area contributed by atoms with Gasteiger partial charge in [0.1, 0.15) is 24.4 Å². The quantitative estimate of drug-likeness (QED) is 0.0262. The highest BCUT2D eigenvalue weighted by atomic mass is 16.7. The van der Waals surface area contributed by atoms with Crippen LogP contribution in [-0.2, 0) is 14.3 Å². The summed E-state index contributed by atoms with van der Waals surface area (Å²) in [6, 6.07) is -0.711. The van der Waals surface area contributed by atoms with Crippen molar-refractivity contribution in [3.8, 4) is 0 Å². The third kappa shape index (κ3) is 32.9. The minimum atomic E-state index is -1.55. The van der Waals surface area contributed by atoms with Crippen LogP contribution >= 0.6 is 0 Å². The summed E-state index contributed by atoms with van der Waals surface area (Å²) in [6.07, 6.45) is 45.6. The van der Waals surface area contributed by atoms with Crippen molar-refractivity contribution in [3.05, 3.63) is 24.3 Å². The lowest BCUT2D eigenvalue weighted by atomic mass is 9.99. The largest absolute Gasteiger partial charge is 0.394 e. The minimum absolute atomic E-state index is 0.137. The second kappa shape index (κ2) is 42.6. The molecule has 7 unspecified atom stereocenters. The lowest BCUT2D eigenvalue weighted by molar-refractivity contribution is -0.302. The summed E-state index contributed by atoms with van der Waals surface area (Å²) in [6.45, 7) is 3.74. The highest BCUT2D eigenvalue weighted by molar-refractivity contribution is 5.76. The highest BCUT2D eigenvalue weighted by Crippen LogP contribution is 2.23. The Hall–Kier alpha value is -1.33. The van der Waals surface area contributed by atoms with Crippen molar-refractivity contribution in [1.82, 2.24) is 5.32 Å². The SMILES string of the molecule is CCCCCCC/C=C\C/C=C\CCCCCCCCCCCCCCCCCCCCCCCC(=O)NC(COC1OC(CO)C(O)C(O)C1O)C(O)CCCCCCC. The van der Waals surface area contributed by atoms with Gasteiger partial charge in [-0.25, -0.2) is 0 Å². The van der Waals surface area contributed by atoms with Crippen LogP contribution in [0.25, 0.3) is 0 Å². The number of aliphatic hydroxyl groups excluding tert-OH is 5. The monoisotopic (exact) mass is 866 g/mol. The van der Waals surface area contributed by atoms with Crippen molar-refractivity contribution < 1.29 is 39.8 Å². The maximum atomic E-state index is 12.9. The Labute approximate surface area is 375 Å². The standard InChI is InChI=1S/C52H99NO8/c1-3-5-7-9-10-11-12-13-14-15-16-17-18-19-20-21-22-23-24-25-26-27-28-29-30-31-32-33-34-35-36-38-40-42-48(56)53-45(46(55)41-39-37-8-6-4-2)44-60-52-51(59)50(58)49(57)47(43-54)61-52/h12-13,15-16,45-47,49-52,54-55,57-59H,3-11,14,17-44H2,1-2H3,(H,53,56)/b13-12-,16-15-. The molecular formula is C52H99NO8. The molecule has 0 spiro atoms. The van der Waals surface area contributed by atoms with Gasteiger partial charge in [-0.3, -0.25) is 4.79 Å². The lowest BCUT2D eigenvalue weighted by Crippen LogP contribution is -2.60. The van der Waals surface area contributed by atoms with Gasteiger partial charge in [-0.2, -0.15) is 0 Å². The Kier molecular flexibility index (Phi) is 40.3. The van der Waals surface area contributed by atoms with Gasteiger partial charge in [-0.15, -0.1) is 0 Å². The van der Waals surface area contributed by atoms with E-state index in [4.69, 9.17) is 9.47 Å². The predicted octanol–water partition coefficient (Wildman–Crippen LogP) is 11.8. The van der Waals surface area contributed by atoms with Crippen LogP contribution in [-0.4, -0.2) is 87.5 Å². The molecule has 0 aromatic carbocycles. The number of amides is 1. The van der Waals surface area contributed by atoms with E-state index in [1.165, 1.54) is 161 Å². The van der Waals surface area contributed by atoms with Gasteiger partial charge in [-0.1, -0.05) is 218 Å². The molecule has 0 bridgehead atoms. The zero-order valence-corrected chi connectivity index (χ0v) is 39.7. The van der Waals surface area contributed by atoms with Crippen LogP contribution in [0, 0.1) is 0 Å². The van der Waals surface area contributed by atoms with Crippen molar-refractivity contribution in [1.29, 1.82) is 0 Å². The van der Waals surface area contributed by atoms with Crippen molar-refractivity contribution >= 4 is 5.91 Å². The molecule has 0 radical (unpaired) electrons. The molecule has 1 aliphatic heterocycles. The van der Waals surface area contributed by atoms with Gasteiger partial charge >= 0.3 is 0 Å². The maximum Gasteiger partial charge on any atom is 0.220 e. The first-order valence-corrected chi connectivity index (χ1v) is 26.0. The number of allylic oxidation sites excluding steroid dienone is 4. The first kappa shape index (κ1) is 57.7. The Morgan fingerprint density at radius 1 is 0.557 bits per heavy atom. The van der Waals surface area contributed by atoms with Crippen molar-refractivity contribution in [2.75, 3.05) is 13.2 Å². The third-order valence-electron chi connectivity index (χ3n) is 12.6. The molecule has 9 nitrogen and oxygen atoms in total. The van der Waals surface area contributed by atoms with Gasteiger partial charge in [0.25, 0.3) is 0 Å². The average Bonchev–Trinajstić information content (AvgIpc) is 3.26. The molecule has 1 fully saturated rings. The number of aliphatic hydroxyl groups is 5. The summed E-state index contributed by atoms with van der Waals surface area (Å²) >= 11 is 0. The molecular weight excluding hydrogens is 767 g/mol. The predicted molar refractivity (Wildman–Crippen MR) is 253 cm³/mol. The van der Waals surface area contributed by atoms with E-state index >= 15 is 0 Å². The van der Waals surface area contributed by atoms with E-state index in [0.717, 1.165) is 57.8 Å². The first-order chi connectivity index (χ1) is 29.8. The number of unbranched alkanes of at least 4 members (excludes halogenated alkanes) is 30. The summed E-state index contributed by atoms with van der Waals surface area (Å²) in [4.78, 5) is 12.9. The molecule has 7 atom stereocenters. The second-order valence-electron chi connectivity index (χ2n) is 18.3. The third-order valence-corrected chi connectivity index (χ3v) is 12.6. The smallest absolute Gasteiger partial charge is 0.220 e. The van der Waals surface area contributed by atoms with Crippen molar-refractivity contribution in [2.45, 2.75) is 288 Å². The molecule has 1 aliphatic rings. The van der Waals surface area contributed by atoms with Crippen LogP contribution < -0.4 is 5.32 Å². The van der Waals surface area contributed by atoms with E-state index in [2.05, 4.69) is 43.5 Å². The van der Waals surface area contributed by atoms with Crippen molar-refractivity contribution in [3.63, 3.8) is 0 Å². The lowest BCUT2D eigenvalue weighted by Gasteiger charge is -2.40. The van der Waals surface area contributed by atoms with Crippen LogP contribution in [0.5, 0.6) is 0 Å². The van der Waals surface area contributed by atoms with Gasteiger partial charge in [0, 0.05) is 6.42 Å². The molecule has 0 aromatic heterocycles. The number of hydrogen-bond donors (Lipinski definition) is 6. The normalized spacial score (nSPS) is 20.5. The molecule has 6 N–H and O–H groups in total. The topological polar surface area (TPSA) is 149 Å². The maximum absolute atomic E-state index is 12.9. The second-order valence-corrected chi connectivity index (χ2v) is 18.3. The van der Waals surface area contributed by atoms with E-state index in [1.807, 2.05) is 0 Å². The fourth-order valence-electron chi connectivity index (χ4n) is 8.37. The summed E-state index contributed by atoms with van der Waals surface area (Å²) < 4.78 is 11.2. The summed E-state index contributed by atoms with van der Waals surface area (Å²) in [7, 11) is 0. The Balaban J connectivity index is 1.99. The first-order valence-electron chi connectivity index (χ1n) is 26.0. The van der Waals surface area contributed by atoms with E-state index in [1.54, 1.807) is 0 Å². The van der Waals surface area contributed by atoms with Gasteiger partial charge in [-0.05, 0) is 44.9 Å². The number of carbonyl (C=O) groups excluding carboxylic acids is 1. The molecule has 1 heterocycles. The molecule has 9 heteroatoms. The fraction of sp³-hybridized carbons (Fsp3) is 0.904. The van der Waals surface area contributed by atoms with Gasteiger partial charge in [0.05, 0.1) is 25.4 Å². The van der Waals surface area contributed by atoms with Gasteiger partial charge in [0.2, 0.25) is 5.91 Å². The number of rotatable bonds is 44. The highest BCUT2D eigenvalue weighted by Gasteiger charge is 2.44. The number of hydrogen-bond acceptors (Lipinski definition) is 8. The molecule has 61 heavy (non-hydrogen) atoms. The van der Waals surface area contributed by atoms with Gasteiger partial charge in [0.15, 0.2) is 6.29 Å².